The first-order valence-corrected chi connectivity index (χ1v) is 24.0. The fourth-order valence-corrected chi connectivity index (χ4v) is 7.14. The Morgan fingerprint density at radius 2 is 0.750 bits per heavy atom. The van der Waals surface area contributed by atoms with E-state index in [1.807, 2.05) is 0 Å². The zero-order valence-electron chi connectivity index (χ0n) is 36.9. The van der Waals surface area contributed by atoms with E-state index in [0.29, 0.717) is 25.7 Å². The van der Waals surface area contributed by atoms with Gasteiger partial charge in [-0.2, -0.15) is 0 Å². The van der Waals surface area contributed by atoms with E-state index < -0.39 is 36.9 Å². The van der Waals surface area contributed by atoms with Crippen molar-refractivity contribution in [1.82, 2.24) is 5.32 Å². The van der Waals surface area contributed by atoms with Crippen LogP contribution in [0.15, 0.2) is 48.6 Å². The number of amides is 1. The van der Waals surface area contributed by atoms with Crippen molar-refractivity contribution in [1.29, 1.82) is 0 Å². The zero-order chi connectivity index (χ0) is 41.0. The van der Waals surface area contributed by atoms with Crippen LogP contribution >= 0.6 is 0 Å². The Labute approximate surface area is 347 Å². The van der Waals surface area contributed by atoms with Gasteiger partial charge in [0.25, 0.3) is 0 Å². The Bertz CT molecular complexity index is 930. The van der Waals surface area contributed by atoms with E-state index in [-0.39, 0.29) is 0 Å². The minimum absolute atomic E-state index is 0.326. The fraction of sp³-hybridized carbons (Fsp3) is 0.820. The van der Waals surface area contributed by atoms with Crippen LogP contribution in [0.2, 0.25) is 0 Å². The van der Waals surface area contributed by atoms with E-state index >= 15 is 0 Å². The molecule has 328 valence electrons. The summed E-state index contributed by atoms with van der Waals surface area (Å²) in [6, 6.07) is -1.02. The molecule has 0 radical (unpaired) electrons. The largest absolute Gasteiger partial charge is 0.394 e. The predicted octanol–water partition coefficient (Wildman–Crippen LogP) is 13.1. The highest BCUT2D eigenvalue weighted by molar-refractivity contribution is 5.80. The Kier molecular flexibility index (Phi) is 43.0. The van der Waals surface area contributed by atoms with Gasteiger partial charge >= 0.3 is 0 Å². The minimum Gasteiger partial charge on any atom is -0.394 e. The molecule has 0 fully saturated rings. The third-order valence-corrected chi connectivity index (χ3v) is 11.0. The van der Waals surface area contributed by atoms with E-state index in [1.165, 1.54) is 141 Å². The van der Waals surface area contributed by atoms with Crippen molar-refractivity contribution >= 4 is 5.91 Å². The van der Waals surface area contributed by atoms with E-state index in [2.05, 4.69) is 67.8 Å². The van der Waals surface area contributed by atoms with Crippen molar-refractivity contribution in [3.8, 4) is 0 Å². The van der Waals surface area contributed by atoms with Gasteiger partial charge < -0.3 is 25.7 Å². The Hall–Kier alpha value is -1.73. The molecule has 0 aliphatic rings. The average molecular weight is 788 g/mol. The first kappa shape index (κ1) is 54.3. The topological polar surface area (TPSA) is 110 Å². The van der Waals surface area contributed by atoms with Crippen LogP contribution in [-0.2, 0) is 4.79 Å². The Morgan fingerprint density at radius 3 is 1.12 bits per heavy atom. The highest BCUT2D eigenvalue weighted by Gasteiger charge is 2.28. The predicted molar refractivity (Wildman–Crippen MR) is 242 cm³/mol. The Balaban J connectivity index is 3.76. The van der Waals surface area contributed by atoms with Gasteiger partial charge in [0.15, 0.2) is 0 Å². The molecule has 0 heterocycles. The molecule has 0 aliphatic heterocycles. The second kappa shape index (κ2) is 44.4. The van der Waals surface area contributed by atoms with Crippen molar-refractivity contribution in [3.63, 3.8) is 0 Å². The van der Waals surface area contributed by atoms with Crippen molar-refractivity contribution in [3.05, 3.63) is 48.6 Å². The smallest absolute Gasteiger partial charge is 0.249 e. The maximum absolute atomic E-state index is 12.5. The molecule has 1 amide bonds. The highest BCUT2D eigenvalue weighted by atomic mass is 16.3. The highest BCUT2D eigenvalue weighted by Crippen LogP contribution is 2.15. The number of hydrogen-bond acceptors (Lipinski definition) is 5. The molecule has 5 N–H and O–H groups in total. The lowest BCUT2D eigenvalue weighted by atomic mass is 10.00. The van der Waals surface area contributed by atoms with E-state index in [1.54, 1.807) is 0 Å². The van der Waals surface area contributed by atoms with Gasteiger partial charge in [-0.15, -0.1) is 0 Å². The van der Waals surface area contributed by atoms with Crippen LogP contribution in [0.3, 0.4) is 0 Å². The number of nitrogens with one attached hydrogen (secondary N) is 1. The third-order valence-electron chi connectivity index (χ3n) is 11.0. The van der Waals surface area contributed by atoms with Crippen molar-refractivity contribution in [2.75, 3.05) is 6.61 Å². The molecule has 4 unspecified atom stereocenters. The summed E-state index contributed by atoms with van der Waals surface area (Å²) in [4.78, 5) is 12.5. The molecule has 56 heavy (non-hydrogen) atoms. The fourth-order valence-electron chi connectivity index (χ4n) is 7.14. The van der Waals surface area contributed by atoms with Crippen LogP contribution < -0.4 is 5.32 Å². The second-order valence-electron chi connectivity index (χ2n) is 16.4. The van der Waals surface area contributed by atoms with Crippen LogP contribution in [0.4, 0.5) is 0 Å². The monoisotopic (exact) mass is 788 g/mol. The molecular formula is C50H93NO5. The number of carbonyl (C=O) groups excluding carboxylic acids is 1. The summed E-state index contributed by atoms with van der Waals surface area (Å²) in [7, 11) is 0. The van der Waals surface area contributed by atoms with Crippen LogP contribution in [-0.4, -0.2) is 57.3 Å². The zero-order valence-corrected chi connectivity index (χ0v) is 36.9. The van der Waals surface area contributed by atoms with Crippen molar-refractivity contribution in [2.45, 2.75) is 257 Å². The summed E-state index contributed by atoms with van der Waals surface area (Å²) in [6.45, 7) is 4.01. The van der Waals surface area contributed by atoms with Gasteiger partial charge in [-0.05, 0) is 89.9 Å². The van der Waals surface area contributed by atoms with Gasteiger partial charge in [0.2, 0.25) is 5.91 Å². The molecule has 0 aromatic rings. The van der Waals surface area contributed by atoms with Crippen LogP contribution in [0.1, 0.15) is 232 Å². The van der Waals surface area contributed by atoms with Gasteiger partial charge in [-0.3, -0.25) is 4.79 Å². The SMILES string of the molecule is CCCCCCCC/C=C\CCCCC(O)C(=O)NC(CO)C(O)C(O)CCC/C=C/CC/C=C/CC/C=C/CCCCCCCCCCCCCCCCC. The summed E-state index contributed by atoms with van der Waals surface area (Å²) in [5.41, 5.74) is 0. The maximum atomic E-state index is 12.5. The van der Waals surface area contributed by atoms with E-state index in [9.17, 15) is 25.2 Å². The molecule has 0 saturated carbocycles. The molecule has 6 heteroatoms. The summed E-state index contributed by atoms with van der Waals surface area (Å²) >= 11 is 0. The molecule has 0 aliphatic carbocycles. The van der Waals surface area contributed by atoms with E-state index in [4.69, 9.17) is 0 Å². The quantitative estimate of drug-likeness (QED) is 0.0312. The molecule has 0 spiro atoms. The van der Waals surface area contributed by atoms with Gasteiger partial charge in [0.05, 0.1) is 18.8 Å². The first-order chi connectivity index (χ1) is 27.5. The van der Waals surface area contributed by atoms with Gasteiger partial charge in [0, 0.05) is 0 Å². The summed E-state index contributed by atoms with van der Waals surface area (Å²) < 4.78 is 0. The summed E-state index contributed by atoms with van der Waals surface area (Å²) in [6.07, 6.45) is 54.6. The number of unbranched alkanes of at least 4 members (excludes halogenated alkanes) is 26. The maximum Gasteiger partial charge on any atom is 0.249 e. The van der Waals surface area contributed by atoms with Gasteiger partial charge in [0.1, 0.15) is 12.2 Å². The standard InChI is InChI=1S/C50H93NO5/c1-3-5-7-9-11-13-15-17-18-19-20-21-22-23-24-25-26-27-28-29-30-31-32-34-35-37-39-41-43-47(53)49(55)46(45-52)51-50(56)48(54)44-42-40-38-36-33-16-14-12-10-8-6-4-2/h26-27,30-31,33,35-37,46-49,52-55H,3-25,28-29,32,34,38-45H2,1-2H3,(H,51,56)/b27-26+,31-30+,36-33-,37-35+. The minimum atomic E-state index is -1.30. The van der Waals surface area contributed by atoms with E-state index in [0.717, 1.165) is 51.4 Å². The van der Waals surface area contributed by atoms with Gasteiger partial charge in [-0.25, -0.2) is 0 Å². The Morgan fingerprint density at radius 1 is 0.429 bits per heavy atom. The number of aliphatic hydroxyl groups excluding tert-OH is 4. The summed E-state index contributed by atoms with van der Waals surface area (Å²) in [5, 5.41) is 43.6. The molecule has 4 atom stereocenters. The lowest BCUT2D eigenvalue weighted by Crippen LogP contribution is -2.53. The summed E-state index contributed by atoms with van der Waals surface area (Å²) in [5.74, 6) is -0.618. The second-order valence-corrected chi connectivity index (χ2v) is 16.4. The lowest BCUT2D eigenvalue weighted by Gasteiger charge is -2.27. The van der Waals surface area contributed by atoms with Crippen molar-refractivity contribution < 1.29 is 25.2 Å². The number of allylic oxidation sites excluding steroid dienone is 8. The average Bonchev–Trinajstić information content (AvgIpc) is 3.20. The molecule has 0 bridgehead atoms. The number of carbonyl (C=O) groups is 1. The molecule has 0 aromatic heterocycles. The first-order valence-electron chi connectivity index (χ1n) is 24.0. The normalized spacial score (nSPS) is 14.5. The number of hydrogen-bond donors (Lipinski definition) is 5. The third kappa shape index (κ3) is 37.8. The van der Waals surface area contributed by atoms with Crippen molar-refractivity contribution in [2.24, 2.45) is 0 Å². The molecule has 0 aromatic carbocycles. The number of rotatable bonds is 43. The molecule has 0 saturated heterocycles. The number of aliphatic hydroxyl groups is 4. The van der Waals surface area contributed by atoms with Crippen LogP contribution in [0, 0.1) is 0 Å². The van der Waals surface area contributed by atoms with Crippen LogP contribution in [0.25, 0.3) is 0 Å². The van der Waals surface area contributed by atoms with Gasteiger partial charge in [-0.1, -0.05) is 191 Å². The molecule has 0 rings (SSSR count). The van der Waals surface area contributed by atoms with Crippen LogP contribution in [0.5, 0.6) is 0 Å². The molecule has 6 nitrogen and oxygen atoms in total. The molecular weight excluding hydrogens is 695 g/mol. The lowest BCUT2D eigenvalue weighted by molar-refractivity contribution is -0.132.